The van der Waals surface area contributed by atoms with E-state index < -0.39 is 5.60 Å². The molecule has 0 aromatic heterocycles. The summed E-state index contributed by atoms with van der Waals surface area (Å²) in [7, 11) is 0. The third-order valence-electron chi connectivity index (χ3n) is 3.04. The van der Waals surface area contributed by atoms with E-state index in [4.69, 9.17) is 4.74 Å². The van der Waals surface area contributed by atoms with Crippen LogP contribution in [0.5, 0.6) is 0 Å². The van der Waals surface area contributed by atoms with Gasteiger partial charge in [-0.15, -0.1) is 0 Å². The Bertz CT molecular complexity index is 390. The molecule has 0 aliphatic carbocycles. The highest BCUT2D eigenvalue weighted by Crippen LogP contribution is 2.11. The van der Waals surface area contributed by atoms with E-state index in [1.807, 2.05) is 48.5 Å². The smallest absolute Gasteiger partial charge is 0.407 e. The molecule has 0 bridgehead atoms. The van der Waals surface area contributed by atoms with Crippen LogP contribution in [0.4, 0.5) is 4.79 Å². The second-order valence-corrected chi connectivity index (χ2v) is 6.25. The second-order valence-electron chi connectivity index (χ2n) is 6.25. The normalized spacial score (nSPS) is 16.5. The molecule has 0 radical (unpaired) electrons. The summed E-state index contributed by atoms with van der Waals surface area (Å²) in [5, 5.41) is 8.84. The third kappa shape index (κ3) is 14.5. The Balaban J connectivity index is 0. The zero-order valence-electron chi connectivity index (χ0n) is 17.3. The molecule has 1 heterocycles. The van der Waals surface area contributed by atoms with Crippen molar-refractivity contribution in [3.05, 3.63) is 12.3 Å². The van der Waals surface area contributed by atoms with Gasteiger partial charge in [0.05, 0.1) is 0 Å². The maximum Gasteiger partial charge on any atom is 0.407 e. The van der Waals surface area contributed by atoms with Gasteiger partial charge in [-0.05, 0) is 46.6 Å². The second kappa shape index (κ2) is 14.8. The van der Waals surface area contributed by atoms with Gasteiger partial charge >= 0.3 is 6.09 Å². The third-order valence-corrected chi connectivity index (χ3v) is 3.04. The Hall–Kier alpha value is -1.56. The number of unbranched alkanes of at least 4 members (excludes halogenated alkanes) is 1. The molecule has 2 amide bonds. The van der Waals surface area contributed by atoms with E-state index in [9.17, 15) is 9.59 Å². The van der Waals surface area contributed by atoms with Crippen molar-refractivity contribution in [2.24, 2.45) is 0 Å². The lowest BCUT2D eigenvalue weighted by Crippen LogP contribution is -2.43. The van der Waals surface area contributed by atoms with Crippen LogP contribution in [0.25, 0.3) is 0 Å². The first kappa shape index (κ1) is 25.7. The van der Waals surface area contributed by atoms with Crippen LogP contribution in [-0.4, -0.2) is 36.7 Å². The highest BCUT2D eigenvalue weighted by Gasteiger charge is 2.20. The monoisotopic (exact) mass is 357 g/mol. The molecule has 1 fully saturated rings. The molecule has 6 nitrogen and oxygen atoms in total. The van der Waals surface area contributed by atoms with Gasteiger partial charge < -0.3 is 20.7 Å². The van der Waals surface area contributed by atoms with Gasteiger partial charge in [0.1, 0.15) is 5.60 Å². The largest absolute Gasteiger partial charge is 0.444 e. The molecule has 3 N–H and O–H groups in total. The number of hydrogen-bond donors (Lipinski definition) is 3. The predicted molar refractivity (Wildman–Crippen MR) is 104 cm³/mol. The maximum atomic E-state index is 11.4. The molecule has 1 rings (SSSR count). The molecular formula is C19H39N3O3. The molecule has 0 saturated carbocycles. The molecule has 1 aliphatic rings. The van der Waals surface area contributed by atoms with E-state index in [-0.39, 0.29) is 18.0 Å². The van der Waals surface area contributed by atoms with Crippen LogP contribution in [0, 0.1) is 0 Å². The topological polar surface area (TPSA) is 79.5 Å². The van der Waals surface area contributed by atoms with Gasteiger partial charge in [0, 0.05) is 24.7 Å². The molecule has 25 heavy (non-hydrogen) atoms. The molecular weight excluding hydrogens is 318 g/mol. The van der Waals surface area contributed by atoms with Gasteiger partial charge in [-0.3, -0.25) is 4.79 Å². The van der Waals surface area contributed by atoms with E-state index in [0.717, 1.165) is 31.5 Å². The summed E-state index contributed by atoms with van der Waals surface area (Å²) < 4.78 is 5.15. The Kier molecular flexibility index (Phi) is 15.2. The minimum Gasteiger partial charge on any atom is -0.444 e. The van der Waals surface area contributed by atoms with Gasteiger partial charge in [-0.1, -0.05) is 34.3 Å². The lowest BCUT2D eigenvalue weighted by molar-refractivity contribution is -0.121. The van der Waals surface area contributed by atoms with Crippen LogP contribution >= 0.6 is 0 Å². The number of carbonyl (C=O) groups is 2. The highest BCUT2D eigenvalue weighted by atomic mass is 16.6. The summed E-state index contributed by atoms with van der Waals surface area (Å²) in [5.74, 6) is 0.0413. The molecule has 1 aliphatic heterocycles. The van der Waals surface area contributed by atoms with E-state index >= 15 is 0 Å². The van der Waals surface area contributed by atoms with Crippen molar-refractivity contribution in [1.29, 1.82) is 0 Å². The van der Waals surface area contributed by atoms with Gasteiger partial charge in [0.2, 0.25) is 5.91 Å². The summed E-state index contributed by atoms with van der Waals surface area (Å²) >= 11 is 0. The van der Waals surface area contributed by atoms with Gasteiger partial charge in [0.15, 0.2) is 0 Å². The SMILES string of the molecule is C=C1NC(=O)CCC1NCCCCNC(=O)OC(C)(C)C.CC.CC. The van der Waals surface area contributed by atoms with Crippen molar-refractivity contribution >= 4 is 12.0 Å². The zero-order chi connectivity index (χ0) is 19.9. The average Bonchev–Trinajstić information content (AvgIpc) is 2.54. The molecule has 0 aromatic carbocycles. The number of ether oxygens (including phenoxy) is 1. The number of hydrogen-bond acceptors (Lipinski definition) is 4. The molecule has 6 heteroatoms. The summed E-state index contributed by atoms with van der Waals surface area (Å²) in [5.41, 5.74) is 0.287. The number of rotatable bonds is 6. The first-order valence-electron chi connectivity index (χ1n) is 9.47. The van der Waals surface area contributed by atoms with Crippen LogP contribution in [-0.2, 0) is 9.53 Å². The Labute approximate surface area is 154 Å². The fourth-order valence-corrected chi connectivity index (χ4v) is 2.03. The Morgan fingerprint density at radius 3 is 2.28 bits per heavy atom. The molecule has 0 spiro atoms. The van der Waals surface area contributed by atoms with Crippen LogP contribution in [0.2, 0.25) is 0 Å². The van der Waals surface area contributed by atoms with E-state index in [1.165, 1.54) is 0 Å². The highest BCUT2D eigenvalue weighted by molar-refractivity contribution is 5.79. The number of carbonyl (C=O) groups excluding carboxylic acids is 2. The van der Waals surface area contributed by atoms with Crippen molar-refractivity contribution in [3.8, 4) is 0 Å². The standard InChI is InChI=1S/C15H27N3O3.2C2H6/c1-11-12(7-8-13(19)18-11)16-9-5-6-10-17-14(20)21-15(2,3)4;2*1-2/h12,16H,1,5-10H2,2-4H3,(H,17,20)(H,18,19);2*1-2H3. The lowest BCUT2D eigenvalue weighted by atomic mass is 10.0. The van der Waals surface area contributed by atoms with Crippen LogP contribution < -0.4 is 16.0 Å². The minimum absolute atomic E-state index is 0.0413. The number of amides is 2. The van der Waals surface area contributed by atoms with Crippen LogP contribution in [0.3, 0.4) is 0 Å². The summed E-state index contributed by atoms with van der Waals surface area (Å²) in [6.45, 7) is 18.8. The first-order valence-corrected chi connectivity index (χ1v) is 9.47. The van der Waals surface area contributed by atoms with E-state index in [2.05, 4.69) is 22.5 Å². The fourth-order valence-electron chi connectivity index (χ4n) is 2.03. The molecule has 0 aromatic rings. The molecule has 148 valence electrons. The zero-order valence-corrected chi connectivity index (χ0v) is 17.3. The van der Waals surface area contributed by atoms with Crippen molar-refractivity contribution in [3.63, 3.8) is 0 Å². The van der Waals surface area contributed by atoms with Crippen molar-refractivity contribution in [2.45, 2.75) is 85.8 Å². The van der Waals surface area contributed by atoms with E-state index in [0.29, 0.717) is 13.0 Å². The predicted octanol–water partition coefficient (Wildman–Crippen LogP) is 3.73. The summed E-state index contributed by atoms with van der Waals surface area (Å²) in [4.78, 5) is 22.6. The summed E-state index contributed by atoms with van der Waals surface area (Å²) in [6.07, 6.45) is 2.77. The Morgan fingerprint density at radius 2 is 1.76 bits per heavy atom. The van der Waals surface area contributed by atoms with E-state index in [1.54, 1.807) is 0 Å². The quantitative estimate of drug-likeness (QED) is 0.633. The first-order chi connectivity index (χ1) is 11.8. The number of alkyl carbamates (subject to hydrolysis) is 1. The molecule has 1 atom stereocenters. The van der Waals surface area contributed by atoms with Gasteiger partial charge in [-0.2, -0.15) is 0 Å². The van der Waals surface area contributed by atoms with Gasteiger partial charge in [0.25, 0.3) is 0 Å². The summed E-state index contributed by atoms with van der Waals surface area (Å²) in [6, 6.07) is 0.154. The maximum absolute atomic E-state index is 11.4. The number of nitrogens with one attached hydrogen (secondary N) is 3. The van der Waals surface area contributed by atoms with Crippen LogP contribution in [0.15, 0.2) is 12.3 Å². The fraction of sp³-hybridized carbons (Fsp3) is 0.789. The van der Waals surface area contributed by atoms with Gasteiger partial charge in [-0.25, -0.2) is 4.79 Å². The Morgan fingerprint density at radius 1 is 1.20 bits per heavy atom. The minimum atomic E-state index is -0.461. The lowest BCUT2D eigenvalue weighted by Gasteiger charge is -2.26. The van der Waals surface area contributed by atoms with Crippen molar-refractivity contribution in [2.75, 3.05) is 13.1 Å². The number of piperidine rings is 1. The van der Waals surface area contributed by atoms with Crippen molar-refractivity contribution < 1.29 is 14.3 Å². The van der Waals surface area contributed by atoms with Crippen molar-refractivity contribution in [1.82, 2.24) is 16.0 Å². The molecule has 1 saturated heterocycles. The molecule has 1 unspecified atom stereocenters. The van der Waals surface area contributed by atoms with Crippen LogP contribution in [0.1, 0.15) is 74.1 Å². The average molecular weight is 358 g/mol.